The van der Waals surface area contributed by atoms with Gasteiger partial charge in [0.1, 0.15) is 6.61 Å². The molecule has 222 valence electrons. The summed E-state index contributed by atoms with van der Waals surface area (Å²) in [5.74, 6) is -1.63. The van der Waals surface area contributed by atoms with Gasteiger partial charge in [0.05, 0.1) is 34.4 Å². The lowest BCUT2D eigenvalue weighted by molar-refractivity contribution is -0.887. The fourth-order valence-corrected chi connectivity index (χ4v) is 3.49. The summed E-state index contributed by atoms with van der Waals surface area (Å²) in [4.78, 5) is 35.8. The van der Waals surface area contributed by atoms with Crippen molar-refractivity contribution in [1.82, 2.24) is 0 Å². The van der Waals surface area contributed by atoms with Crippen molar-refractivity contribution in [3.63, 3.8) is 0 Å². The molecule has 8 nitrogen and oxygen atoms in total. The summed E-state index contributed by atoms with van der Waals surface area (Å²) >= 11 is 0. The number of aliphatic carboxylic acids is 1. The number of carbonyl (C=O) groups is 3. The maximum absolute atomic E-state index is 12.4. The average molecular weight is 551 g/mol. The third kappa shape index (κ3) is 21.9. The highest BCUT2D eigenvalue weighted by atomic mass is 16.6. The first-order valence-electron chi connectivity index (χ1n) is 14.2. The smallest absolute Gasteiger partial charge is 0.362 e. The molecule has 0 spiro atoms. The molecule has 0 radical (unpaired) electrons. The summed E-state index contributed by atoms with van der Waals surface area (Å²) in [6.07, 6.45) is 22.8. The van der Waals surface area contributed by atoms with Gasteiger partial charge in [0.25, 0.3) is 0 Å². The lowest BCUT2D eigenvalue weighted by atomic mass is 10.1. The summed E-state index contributed by atoms with van der Waals surface area (Å²) in [7, 11) is 5.45. The molecule has 0 bridgehead atoms. The number of allylic oxidation sites excluding steroid dienone is 8. The number of unbranched alkanes of at least 4 members (excludes halogenated alkanes) is 1. The summed E-state index contributed by atoms with van der Waals surface area (Å²) in [6.45, 7) is 4.24. The zero-order chi connectivity index (χ0) is 29.4. The number of carbonyl (C=O) groups excluding carboxylic acids is 2. The Balaban J connectivity index is 4.53. The summed E-state index contributed by atoms with van der Waals surface area (Å²) in [5, 5.41) is 9.46. The van der Waals surface area contributed by atoms with Gasteiger partial charge >= 0.3 is 17.9 Å². The minimum atomic E-state index is -0.894. The Morgan fingerprint density at radius 2 is 1.38 bits per heavy atom. The Morgan fingerprint density at radius 3 is 1.92 bits per heavy atom. The zero-order valence-electron chi connectivity index (χ0n) is 24.8. The van der Waals surface area contributed by atoms with Crippen molar-refractivity contribution in [3.8, 4) is 0 Å². The number of nitrogens with zero attached hydrogens (tertiary/aromatic N) is 1. The van der Waals surface area contributed by atoms with Crippen molar-refractivity contribution >= 4 is 17.9 Å². The van der Waals surface area contributed by atoms with Crippen LogP contribution in [-0.4, -0.2) is 80.6 Å². The maximum atomic E-state index is 12.4. The Kier molecular flexibility index (Phi) is 21.6. The molecule has 0 aromatic carbocycles. The van der Waals surface area contributed by atoms with Crippen molar-refractivity contribution in [2.75, 3.05) is 41.0 Å². The Hall–Kier alpha value is -2.71. The lowest BCUT2D eigenvalue weighted by Crippen LogP contribution is -2.50. The van der Waals surface area contributed by atoms with E-state index in [1.807, 2.05) is 40.2 Å². The van der Waals surface area contributed by atoms with E-state index in [2.05, 4.69) is 43.4 Å². The van der Waals surface area contributed by atoms with Crippen molar-refractivity contribution in [2.24, 2.45) is 0 Å². The molecule has 0 aromatic rings. The van der Waals surface area contributed by atoms with Gasteiger partial charge < -0.3 is 23.8 Å². The van der Waals surface area contributed by atoms with Crippen LogP contribution in [0.3, 0.4) is 0 Å². The van der Waals surface area contributed by atoms with Crippen molar-refractivity contribution < 1.29 is 38.2 Å². The number of rotatable bonds is 23. The second-order valence-corrected chi connectivity index (χ2v) is 10.3. The highest BCUT2D eigenvalue weighted by Gasteiger charge is 2.31. The van der Waals surface area contributed by atoms with Crippen LogP contribution in [0.2, 0.25) is 0 Å². The Bertz CT molecular complexity index is 793. The summed E-state index contributed by atoms with van der Waals surface area (Å²) < 4.78 is 16.7. The molecule has 0 amide bonds. The largest absolute Gasteiger partial charge is 0.477 e. The van der Waals surface area contributed by atoms with E-state index in [0.29, 0.717) is 19.3 Å². The van der Waals surface area contributed by atoms with Crippen molar-refractivity contribution in [3.05, 3.63) is 48.6 Å². The third-order valence-electron chi connectivity index (χ3n) is 5.76. The fourth-order valence-electron chi connectivity index (χ4n) is 3.49. The highest BCUT2D eigenvalue weighted by molar-refractivity contribution is 5.72. The third-order valence-corrected chi connectivity index (χ3v) is 5.76. The molecule has 0 aliphatic heterocycles. The van der Waals surface area contributed by atoms with Gasteiger partial charge in [-0.25, -0.2) is 4.79 Å². The zero-order valence-corrected chi connectivity index (χ0v) is 24.8. The summed E-state index contributed by atoms with van der Waals surface area (Å²) in [5.41, 5.74) is 0. The predicted molar refractivity (Wildman–Crippen MR) is 155 cm³/mol. The van der Waals surface area contributed by atoms with Gasteiger partial charge in [-0.15, -0.1) is 0 Å². The Labute approximate surface area is 236 Å². The topological polar surface area (TPSA) is 99.1 Å². The number of esters is 2. The molecule has 0 aromatic heterocycles. The lowest BCUT2D eigenvalue weighted by Gasteiger charge is -2.31. The van der Waals surface area contributed by atoms with Crippen LogP contribution in [0.25, 0.3) is 0 Å². The van der Waals surface area contributed by atoms with E-state index in [1.54, 1.807) is 0 Å². The molecule has 0 aliphatic rings. The predicted octanol–water partition coefficient (Wildman–Crippen LogP) is 5.78. The van der Waals surface area contributed by atoms with Gasteiger partial charge in [0, 0.05) is 19.3 Å². The van der Waals surface area contributed by atoms with E-state index < -0.39 is 24.1 Å². The van der Waals surface area contributed by atoms with Crippen molar-refractivity contribution in [1.29, 1.82) is 0 Å². The number of carboxylic acids is 1. The van der Waals surface area contributed by atoms with Gasteiger partial charge in [0.15, 0.2) is 12.1 Å². The second-order valence-electron chi connectivity index (χ2n) is 10.3. The molecule has 0 saturated heterocycles. The normalized spacial score (nSPS) is 14.0. The number of ether oxygens (including phenoxy) is 3. The molecule has 0 aliphatic carbocycles. The molecule has 0 saturated carbocycles. The van der Waals surface area contributed by atoms with E-state index in [9.17, 15) is 19.5 Å². The van der Waals surface area contributed by atoms with Crippen LogP contribution in [-0.2, 0) is 28.6 Å². The van der Waals surface area contributed by atoms with Crippen LogP contribution in [0, 0.1) is 0 Å². The molecule has 1 N–H and O–H groups in total. The van der Waals surface area contributed by atoms with Gasteiger partial charge in [-0.05, 0) is 38.5 Å². The fraction of sp³-hybridized carbons (Fsp3) is 0.645. The molecule has 0 rings (SSSR count). The van der Waals surface area contributed by atoms with E-state index in [4.69, 9.17) is 14.2 Å². The summed E-state index contributed by atoms with van der Waals surface area (Å²) in [6, 6.07) is -0.621. The standard InChI is InChI=1S/C31H51NO7/c1-6-8-10-11-12-13-14-15-16-17-18-19-20-22-30(34)39-27(26-38-29(33)21-9-7-2)25-37-24-23-28(31(35)36)32(3,4)5/h8,10,12-13,15-16,18-19,27-28H,6-7,9,11,14,17,20-26H2,1-5H3/p+1/b10-8-,13-12-,16-15-,19-18-. The molecule has 39 heavy (non-hydrogen) atoms. The molecule has 0 fully saturated rings. The SMILES string of the molecule is CC/C=C\C/C=C\C/C=C\C/C=C\CCC(=O)OC(COCCC(C(=O)O)[N+](C)(C)C)COC(=O)CCCC. The van der Waals surface area contributed by atoms with Gasteiger partial charge in [0.2, 0.25) is 0 Å². The molecule has 0 heterocycles. The maximum Gasteiger partial charge on any atom is 0.362 e. The number of carboxylic acid groups (broad SMARTS) is 1. The van der Waals surface area contributed by atoms with Crippen molar-refractivity contribution in [2.45, 2.75) is 90.2 Å². The number of hydrogen-bond donors (Lipinski definition) is 1. The average Bonchev–Trinajstić information content (AvgIpc) is 2.87. The van der Waals surface area contributed by atoms with Crippen LogP contribution in [0.4, 0.5) is 0 Å². The first-order valence-corrected chi connectivity index (χ1v) is 14.2. The molecule has 2 atom stereocenters. The van der Waals surface area contributed by atoms with Crippen LogP contribution < -0.4 is 0 Å². The van der Waals surface area contributed by atoms with E-state index in [0.717, 1.165) is 38.5 Å². The van der Waals surface area contributed by atoms with Crippen LogP contribution in [0.1, 0.15) is 78.1 Å². The number of likely N-dealkylation sites (N-methyl/N-ethyl adjacent to an activating group) is 1. The first kappa shape index (κ1) is 36.3. The van der Waals surface area contributed by atoms with E-state index in [-0.39, 0.29) is 36.7 Å². The molecular weight excluding hydrogens is 498 g/mol. The minimum Gasteiger partial charge on any atom is -0.477 e. The van der Waals surface area contributed by atoms with E-state index >= 15 is 0 Å². The van der Waals surface area contributed by atoms with Crippen LogP contribution >= 0.6 is 0 Å². The monoisotopic (exact) mass is 550 g/mol. The quantitative estimate of drug-likeness (QED) is 0.0745. The highest BCUT2D eigenvalue weighted by Crippen LogP contribution is 2.10. The molecule has 2 unspecified atom stereocenters. The molecular formula is C31H52NO7+. The van der Waals surface area contributed by atoms with Crippen LogP contribution in [0.15, 0.2) is 48.6 Å². The first-order chi connectivity index (χ1) is 18.6. The second kappa shape index (κ2) is 23.2. The number of hydrogen-bond acceptors (Lipinski definition) is 6. The Morgan fingerprint density at radius 1 is 0.795 bits per heavy atom. The van der Waals surface area contributed by atoms with Gasteiger partial charge in [-0.3, -0.25) is 9.59 Å². The minimum absolute atomic E-state index is 0.0280. The van der Waals surface area contributed by atoms with Gasteiger partial charge in [-0.1, -0.05) is 68.9 Å². The van der Waals surface area contributed by atoms with Crippen LogP contribution in [0.5, 0.6) is 0 Å². The van der Waals surface area contributed by atoms with E-state index in [1.165, 1.54) is 0 Å². The number of quaternary nitrogens is 1. The van der Waals surface area contributed by atoms with Gasteiger partial charge in [-0.2, -0.15) is 0 Å². The molecule has 8 heteroatoms.